The van der Waals surface area contributed by atoms with Crippen molar-refractivity contribution in [2.24, 2.45) is 16.2 Å². The summed E-state index contributed by atoms with van der Waals surface area (Å²) in [7, 11) is 0. The molecule has 212 valence electrons. The lowest BCUT2D eigenvalue weighted by atomic mass is 9.70. The minimum Gasteiger partial charge on any atom is -0.396 e. The Bertz CT molecular complexity index is 902. The number of hydrogen-bond acceptors (Lipinski definition) is 6. The Morgan fingerprint density at radius 1 is 0.757 bits per heavy atom. The highest BCUT2D eigenvalue weighted by atomic mass is 16.7. The van der Waals surface area contributed by atoms with E-state index in [2.05, 4.69) is 59.7 Å². The Labute approximate surface area is 225 Å². The molecule has 2 aliphatic rings. The molecule has 0 radical (unpaired) electrons. The van der Waals surface area contributed by atoms with Crippen LogP contribution in [0, 0.1) is 16.2 Å². The molecule has 3 rings (SSSR count). The minimum atomic E-state index is -0.567. The van der Waals surface area contributed by atoms with Crippen molar-refractivity contribution in [2.45, 2.75) is 112 Å². The van der Waals surface area contributed by atoms with Crippen molar-refractivity contribution in [3.8, 4) is 0 Å². The van der Waals surface area contributed by atoms with E-state index in [0.717, 1.165) is 18.4 Å². The highest BCUT2D eigenvalue weighted by Crippen LogP contribution is 2.51. The first-order valence-electron chi connectivity index (χ1n) is 14.0. The van der Waals surface area contributed by atoms with Gasteiger partial charge in [-0.15, -0.1) is 0 Å². The van der Waals surface area contributed by atoms with Crippen molar-refractivity contribution in [1.82, 2.24) is 0 Å². The van der Waals surface area contributed by atoms with Gasteiger partial charge in [0.2, 0.25) is 0 Å². The number of aliphatic hydroxyl groups excluding tert-OH is 2. The quantitative estimate of drug-likeness (QED) is 0.424. The summed E-state index contributed by atoms with van der Waals surface area (Å²) in [4.78, 5) is 0. The van der Waals surface area contributed by atoms with Crippen LogP contribution >= 0.6 is 0 Å². The van der Waals surface area contributed by atoms with Gasteiger partial charge >= 0.3 is 0 Å². The molecule has 2 N–H and O–H groups in total. The van der Waals surface area contributed by atoms with Gasteiger partial charge in [-0.3, -0.25) is 0 Å². The molecule has 37 heavy (non-hydrogen) atoms. The summed E-state index contributed by atoms with van der Waals surface area (Å²) >= 11 is 0. The van der Waals surface area contributed by atoms with E-state index < -0.39 is 28.8 Å². The molecule has 0 saturated carbocycles. The first-order chi connectivity index (χ1) is 17.1. The van der Waals surface area contributed by atoms with E-state index in [1.54, 1.807) is 0 Å². The fourth-order valence-corrected chi connectivity index (χ4v) is 5.03. The van der Waals surface area contributed by atoms with Crippen molar-refractivity contribution < 1.29 is 29.2 Å². The lowest BCUT2D eigenvalue weighted by Crippen LogP contribution is -2.58. The SMILES string of the molecule is CCC(C)(C)c1ccc(C2OC(C(C)(C)CO)OCC23COC(C(C)(C)CO)OC3)c(C(C)(C)CC)c1. The third kappa shape index (κ3) is 5.95. The van der Waals surface area contributed by atoms with Gasteiger partial charge in [0.25, 0.3) is 0 Å². The van der Waals surface area contributed by atoms with Gasteiger partial charge in [-0.05, 0) is 40.4 Å². The molecule has 0 aromatic heterocycles. The third-order valence-corrected chi connectivity index (χ3v) is 9.09. The van der Waals surface area contributed by atoms with Crippen LogP contribution in [-0.4, -0.2) is 55.8 Å². The predicted molar refractivity (Wildman–Crippen MR) is 147 cm³/mol. The molecular formula is C31H52O6. The average molecular weight is 521 g/mol. The van der Waals surface area contributed by atoms with Crippen LogP contribution < -0.4 is 0 Å². The van der Waals surface area contributed by atoms with E-state index in [1.807, 2.05) is 27.7 Å². The van der Waals surface area contributed by atoms with Crippen molar-refractivity contribution in [3.05, 3.63) is 34.9 Å². The third-order valence-electron chi connectivity index (χ3n) is 9.09. The molecule has 1 spiro atoms. The van der Waals surface area contributed by atoms with E-state index >= 15 is 0 Å². The number of ether oxygens (including phenoxy) is 4. The average Bonchev–Trinajstić information content (AvgIpc) is 2.88. The van der Waals surface area contributed by atoms with Gasteiger partial charge in [-0.2, -0.15) is 0 Å². The molecule has 0 aliphatic carbocycles. The lowest BCUT2D eigenvalue weighted by Gasteiger charge is -2.53. The number of rotatable bonds is 9. The van der Waals surface area contributed by atoms with Crippen LogP contribution in [0.4, 0.5) is 0 Å². The second-order valence-electron chi connectivity index (χ2n) is 14.0. The Hall–Kier alpha value is -1.02. The standard InChI is InChI=1S/C31H52O6/c1-11-27(3,4)21-13-14-22(23(15-21)28(5,6)12-2)24-31(20-36-26(37-24)30(9,10)17-33)18-34-25(35-19-31)29(7,8)16-32/h13-15,24-26,32-33H,11-12,16-20H2,1-10H3. The Morgan fingerprint density at radius 3 is 1.73 bits per heavy atom. The minimum absolute atomic E-state index is 0.0304. The highest BCUT2D eigenvalue weighted by Gasteiger charge is 2.54. The zero-order chi connectivity index (χ0) is 27.9. The summed E-state index contributed by atoms with van der Waals surface area (Å²) in [5, 5.41) is 20.0. The Kier molecular flexibility index (Phi) is 8.96. The van der Waals surface area contributed by atoms with Gasteiger partial charge in [0.15, 0.2) is 12.6 Å². The van der Waals surface area contributed by atoms with E-state index in [-0.39, 0.29) is 30.1 Å². The molecule has 2 saturated heterocycles. The van der Waals surface area contributed by atoms with Gasteiger partial charge < -0.3 is 29.2 Å². The highest BCUT2D eigenvalue weighted by molar-refractivity contribution is 5.42. The summed E-state index contributed by atoms with van der Waals surface area (Å²) < 4.78 is 25.7. The molecule has 0 amide bonds. The summed E-state index contributed by atoms with van der Waals surface area (Å²) in [6, 6.07) is 6.86. The Balaban J connectivity index is 2.12. The maximum Gasteiger partial charge on any atom is 0.165 e. The van der Waals surface area contributed by atoms with E-state index in [9.17, 15) is 10.2 Å². The van der Waals surface area contributed by atoms with Crippen LogP contribution in [0.1, 0.15) is 105 Å². The van der Waals surface area contributed by atoms with Crippen LogP contribution in [0.3, 0.4) is 0 Å². The molecule has 0 bridgehead atoms. The molecule has 2 aliphatic heterocycles. The number of hydrogen-bond donors (Lipinski definition) is 2. The second-order valence-corrected chi connectivity index (χ2v) is 14.0. The molecule has 2 fully saturated rings. The largest absolute Gasteiger partial charge is 0.396 e. The van der Waals surface area contributed by atoms with Gasteiger partial charge in [0.05, 0.1) is 44.6 Å². The van der Waals surface area contributed by atoms with Crippen LogP contribution in [0.2, 0.25) is 0 Å². The van der Waals surface area contributed by atoms with Gasteiger partial charge in [-0.1, -0.05) is 87.4 Å². The molecule has 6 heteroatoms. The molecule has 1 aromatic carbocycles. The number of aliphatic hydroxyl groups is 2. The van der Waals surface area contributed by atoms with Crippen LogP contribution in [-0.2, 0) is 29.8 Å². The zero-order valence-electron chi connectivity index (χ0n) is 24.9. The predicted octanol–water partition coefficient (Wildman–Crippen LogP) is 5.87. The number of benzene rings is 1. The molecule has 2 unspecified atom stereocenters. The fourth-order valence-electron chi connectivity index (χ4n) is 5.03. The monoisotopic (exact) mass is 520 g/mol. The van der Waals surface area contributed by atoms with Crippen molar-refractivity contribution >= 4 is 0 Å². The molecule has 1 aromatic rings. The second kappa shape index (κ2) is 10.9. The summed E-state index contributed by atoms with van der Waals surface area (Å²) in [5.74, 6) is 0. The first kappa shape index (κ1) is 30.5. The van der Waals surface area contributed by atoms with Crippen molar-refractivity contribution in [3.63, 3.8) is 0 Å². The zero-order valence-corrected chi connectivity index (χ0v) is 24.9. The van der Waals surface area contributed by atoms with Crippen LogP contribution in [0.15, 0.2) is 18.2 Å². The molecule has 2 atom stereocenters. The molecule has 2 heterocycles. The first-order valence-corrected chi connectivity index (χ1v) is 14.0. The topological polar surface area (TPSA) is 77.4 Å². The van der Waals surface area contributed by atoms with Gasteiger partial charge in [0.1, 0.15) is 0 Å². The van der Waals surface area contributed by atoms with Crippen LogP contribution in [0.5, 0.6) is 0 Å². The normalized spacial score (nSPS) is 28.1. The summed E-state index contributed by atoms with van der Waals surface area (Å²) in [5.41, 5.74) is 2.09. The van der Waals surface area contributed by atoms with Gasteiger partial charge in [0, 0.05) is 10.8 Å². The maximum atomic E-state index is 10.1. The molecular weight excluding hydrogens is 468 g/mol. The molecule has 6 nitrogen and oxygen atoms in total. The van der Waals surface area contributed by atoms with Crippen molar-refractivity contribution in [1.29, 1.82) is 0 Å². The van der Waals surface area contributed by atoms with Crippen molar-refractivity contribution in [2.75, 3.05) is 33.0 Å². The fraction of sp³-hybridized carbons (Fsp3) is 0.806. The van der Waals surface area contributed by atoms with E-state index in [1.165, 1.54) is 11.1 Å². The van der Waals surface area contributed by atoms with Gasteiger partial charge in [-0.25, -0.2) is 0 Å². The maximum absolute atomic E-state index is 10.1. The smallest absolute Gasteiger partial charge is 0.165 e. The van der Waals surface area contributed by atoms with E-state index in [0.29, 0.717) is 19.8 Å². The Morgan fingerprint density at radius 2 is 1.24 bits per heavy atom. The lowest BCUT2D eigenvalue weighted by molar-refractivity contribution is -0.362. The van der Waals surface area contributed by atoms with E-state index in [4.69, 9.17) is 18.9 Å². The summed E-state index contributed by atoms with van der Waals surface area (Å²) in [6.07, 6.45) is 0.623. The van der Waals surface area contributed by atoms with Crippen LogP contribution in [0.25, 0.3) is 0 Å². The summed E-state index contributed by atoms with van der Waals surface area (Å²) in [6.45, 7) is 22.6.